The Hall–Kier alpha value is -1.41. The van der Waals surface area contributed by atoms with Crippen molar-refractivity contribution in [3.8, 4) is 6.07 Å². The molecule has 4 heteroatoms. The maximum absolute atomic E-state index is 9.94. The SMILES string of the molecule is N#CCC(O)C(O)c1cccc2ccsc12. The lowest BCUT2D eigenvalue weighted by atomic mass is 10.0. The van der Waals surface area contributed by atoms with Gasteiger partial charge in [-0.2, -0.15) is 5.26 Å². The van der Waals surface area contributed by atoms with Crippen molar-refractivity contribution in [3.05, 3.63) is 35.2 Å². The number of nitriles is 1. The van der Waals surface area contributed by atoms with E-state index in [1.165, 1.54) is 11.3 Å². The minimum absolute atomic E-state index is 0.0665. The number of nitrogens with zero attached hydrogens (tertiary/aromatic N) is 1. The van der Waals surface area contributed by atoms with Crippen molar-refractivity contribution in [2.45, 2.75) is 18.6 Å². The Labute approximate surface area is 97.2 Å². The van der Waals surface area contributed by atoms with E-state index in [2.05, 4.69) is 0 Å². The predicted molar refractivity (Wildman–Crippen MR) is 63.0 cm³/mol. The molecule has 16 heavy (non-hydrogen) atoms. The summed E-state index contributed by atoms with van der Waals surface area (Å²) in [6.45, 7) is 0. The second kappa shape index (κ2) is 4.62. The van der Waals surface area contributed by atoms with Gasteiger partial charge in [0, 0.05) is 10.3 Å². The van der Waals surface area contributed by atoms with Crippen molar-refractivity contribution in [2.24, 2.45) is 0 Å². The monoisotopic (exact) mass is 233 g/mol. The van der Waals surface area contributed by atoms with Gasteiger partial charge in [-0.25, -0.2) is 0 Å². The number of hydrogen-bond donors (Lipinski definition) is 2. The van der Waals surface area contributed by atoms with Crippen LogP contribution in [0.2, 0.25) is 0 Å². The van der Waals surface area contributed by atoms with Gasteiger partial charge in [-0.1, -0.05) is 18.2 Å². The number of thiophene rings is 1. The second-order valence-electron chi connectivity index (χ2n) is 3.56. The van der Waals surface area contributed by atoms with Crippen LogP contribution in [0, 0.1) is 11.3 Å². The molecule has 0 saturated heterocycles. The van der Waals surface area contributed by atoms with E-state index in [-0.39, 0.29) is 6.42 Å². The summed E-state index contributed by atoms with van der Waals surface area (Å²) in [5, 5.41) is 31.0. The summed E-state index contributed by atoms with van der Waals surface area (Å²) >= 11 is 1.52. The summed E-state index contributed by atoms with van der Waals surface area (Å²) in [5.41, 5.74) is 0.690. The molecule has 0 saturated carbocycles. The molecule has 82 valence electrons. The van der Waals surface area contributed by atoms with Crippen LogP contribution in [0.5, 0.6) is 0 Å². The fourth-order valence-corrected chi connectivity index (χ4v) is 2.61. The zero-order chi connectivity index (χ0) is 11.5. The van der Waals surface area contributed by atoms with E-state index in [0.29, 0.717) is 5.56 Å². The Morgan fingerprint density at radius 2 is 2.12 bits per heavy atom. The molecule has 2 rings (SSSR count). The molecule has 0 amide bonds. The lowest BCUT2D eigenvalue weighted by Crippen LogP contribution is -2.17. The van der Waals surface area contributed by atoms with Crippen LogP contribution in [0.15, 0.2) is 29.6 Å². The van der Waals surface area contributed by atoms with Gasteiger partial charge in [-0.15, -0.1) is 11.3 Å². The van der Waals surface area contributed by atoms with E-state index < -0.39 is 12.2 Å². The molecule has 0 aliphatic carbocycles. The zero-order valence-corrected chi connectivity index (χ0v) is 9.31. The molecule has 2 aromatic rings. The first kappa shape index (κ1) is 11.1. The fourth-order valence-electron chi connectivity index (χ4n) is 1.66. The van der Waals surface area contributed by atoms with Gasteiger partial charge >= 0.3 is 0 Å². The highest BCUT2D eigenvalue weighted by Crippen LogP contribution is 2.30. The summed E-state index contributed by atoms with van der Waals surface area (Å²) in [5.74, 6) is 0. The Bertz CT molecular complexity index is 529. The third-order valence-corrected chi connectivity index (χ3v) is 3.47. The molecule has 2 atom stereocenters. The Morgan fingerprint density at radius 3 is 2.88 bits per heavy atom. The van der Waals surface area contributed by atoms with E-state index >= 15 is 0 Å². The maximum Gasteiger partial charge on any atom is 0.107 e. The quantitative estimate of drug-likeness (QED) is 0.854. The van der Waals surface area contributed by atoms with E-state index in [0.717, 1.165) is 10.1 Å². The van der Waals surface area contributed by atoms with Gasteiger partial charge in [0.05, 0.1) is 18.6 Å². The van der Waals surface area contributed by atoms with Crippen LogP contribution in [0.25, 0.3) is 10.1 Å². The fraction of sp³-hybridized carbons (Fsp3) is 0.250. The van der Waals surface area contributed by atoms with Crippen LogP contribution in [0.3, 0.4) is 0 Å². The van der Waals surface area contributed by atoms with Gasteiger partial charge in [0.25, 0.3) is 0 Å². The highest BCUT2D eigenvalue weighted by molar-refractivity contribution is 7.17. The van der Waals surface area contributed by atoms with Crippen LogP contribution in [-0.4, -0.2) is 16.3 Å². The summed E-state index contributed by atoms with van der Waals surface area (Å²) in [6, 6.07) is 9.40. The molecule has 0 spiro atoms. The van der Waals surface area contributed by atoms with E-state index in [9.17, 15) is 10.2 Å². The molecule has 0 aliphatic rings. The molecule has 3 nitrogen and oxygen atoms in total. The third-order valence-electron chi connectivity index (χ3n) is 2.49. The van der Waals surface area contributed by atoms with Crippen molar-refractivity contribution in [1.82, 2.24) is 0 Å². The van der Waals surface area contributed by atoms with Crippen LogP contribution in [-0.2, 0) is 0 Å². The summed E-state index contributed by atoms with van der Waals surface area (Å²) in [4.78, 5) is 0. The first-order valence-corrected chi connectivity index (χ1v) is 5.81. The molecular formula is C12H11NO2S. The van der Waals surface area contributed by atoms with E-state index in [1.807, 2.05) is 29.6 Å². The van der Waals surface area contributed by atoms with Gasteiger partial charge in [-0.3, -0.25) is 0 Å². The van der Waals surface area contributed by atoms with Crippen LogP contribution in [0.4, 0.5) is 0 Å². The van der Waals surface area contributed by atoms with Crippen molar-refractivity contribution in [2.75, 3.05) is 0 Å². The van der Waals surface area contributed by atoms with Gasteiger partial charge in [0.2, 0.25) is 0 Å². The number of fused-ring (bicyclic) bond motifs is 1. The van der Waals surface area contributed by atoms with Gasteiger partial charge in [0.1, 0.15) is 6.10 Å². The first-order valence-electron chi connectivity index (χ1n) is 4.93. The number of hydrogen-bond acceptors (Lipinski definition) is 4. The molecule has 2 unspecified atom stereocenters. The molecule has 0 bridgehead atoms. The predicted octanol–water partition coefficient (Wildman–Crippen LogP) is 2.21. The highest BCUT2D eigenvalue weighted by Gasteiger charge is 2.20. The van der Waals surface area contributed by atoms with E-state index in [4.69, 9.17) is 5.26 Å². The maximum atomic E-state index is 9.94. The summed E-state index contributed by atoms with van der Waals surface area (Å²) < 4.78 is 0.965. The van der Waals surface area contributed by atoms with Crippen molar-refractivity contribution in [3.63, 3.8) is 0 Å². The lowest BCUT2D eigenvalue weighted by Gasteiger charge is -2.16. The van der Waals surface area contributed by atoms with Crippen LogP contribution >= 0.6 is 11.3 Å². The number of benzene rings is 1. The smallest absolute Gasteiger partial charge is 0.107 e. The Morgan fingerprint density at radius 1 is 1.31 bits per heavy atom. The van der Waals surface area contributed by atoms with Gasteiger partial charge in [-0.05, 0) is 16.8 Å². The summed E-state index contributed by atoms with van der Waals surface area (Å²) in [7, 11) is 0. The van der Waals surface area contributed by atoms with Gasteiger partial charge in [0.15, 0.2) is 0 Å². The Balaban J connectivity index is 2.39. The van der Waals surface area contributed by atoms with E-state index in [1.54, 1.807) is 6.07 Å². The highest BCUT2D eigenvalue weighted by atomic mass is 32.1. The minimum atomic E-state index is -1.03. The van der Waals surface area contributed by atoms with Crippen molar-refractivity contribution in [1.29, 1.82) is 5.26 Å². The third kappa shape index (κ3) is 1.93. The normalized spacial score (nSPS) is 14.6. The first-order chi connectivity index (χ1) is 7.74. The van der Waals surface area contributed by atoms with Gasteiger partial charge < -0.3 is 10.2 Å². The lowest BCUT2D eigenvalue weighted by molar-refractivity contribution is 0.0226. The molecular weight excluding hydrogens is 222 g/mol. The molecule has 0 radical (unpaired) electrons. The number of aliphatic hydroxyl groups is 2. The average Bonchev–Trinajstić information content (AvgIpc) is 2.76. The average molecular weight is 233 g/mol. The molecule has 1 heterocycles. The number of aliphatic hydroxyl groups excluding tert-OH is 2. The molecule has 0 fully saturated rings. The minimum Gasteiger partial charge on any atom is -0.389 e. The Kier molecular flexibility index (Phi) is 3.20. The number of rotatable bonds is 3. The molecule has 1 aromatic carbocycles. The van der Waals surface area contributed by atoms with Crippen LogP contribution in [0.1, 0.15) is 18.1 Å². The molecule has 2 N–H and O–H groups in total. The zero-order valence-electron chi connectivity index (χ0n) is 8.50. The second-order valence-corrected chi connectivity index (χ2v) is 4.48. The topological polar surface area (TPSA) is 64.2 Å². The largest absolute Gasteiger partial charge is 0.389 e. The molecule has 0 aliphatic heterocycles. The standard InChI is InChI=1S/C12H11NO2S/c13-6-4-10(14)11(15)9-3-1-2-8-5-7-16-12(8)9/h1-3,5,7,10-11,14-15H,4H2. The summed E-state index contributed by atoms with van der Waals surface area (Å²) in [6.07, 6.45) is -2.09. The van der Waals surface area contributed by atoms with Crippen molar-refractivity contribution >= 4 is 21.4 Å². The molecule has 1 aromatic heterocycles. The van der Waals surface area contributed by atoms with Crippen molar-refractivity contribution < 1.29 is 10.2 Å². The van der Waals surface area contributed by atoms with Crippen LogP contribution < -0.4 is 0 Å².